The number of thioether (sulfide) groups is 1. The van der Waals surface area contributed by atoms with E-state index in [-0.39, 0.29) is 29.6 Å². The van der Waals surface area contributed by atoms with Crippen molar-refractivity contribution in [1.29, 1.82) is 0 Å². The van der Waals surface area contributed by atoms with Crippen molar-refractivity contribution < 1.29 is 14.3 Å². The highest BCUT2D eigenvalue weighted by Gasteiger charge is 2.12. The van der Waals surface area contributed by atoms with E-state index < -0.39 is 0 Å². The highest BCUT2D eigenvalue weighted by Crippen LogP contribution is 2.23. The molecule has 11 heteroatoms. The van der Waals surface area contributed by atoms with Gasteiger partial charge >= 0.3 is 5.97 Å². The fraction of sp³-hybridized carbons (Fsp3) is 0.312. The minimum atomic E-state index is -0.356. The number of hydrogen-bond donors (Lipinski definition) is 2. The number of thiophene rings is 1. The largest absolute Gasteiger partial charge is 0.466 e. The molecule has 0 atom stereocenters. The molecule has 142 valence electrons. The fourth-order valence-electron chi connectivity index (χ4n) is 2.20. The quantitative estimate of drug-likeness (QED) is 0.340. The fourth-order valence-corrected chi connectivity index (χ4v) is 4.52. The molecule has 0 spiro atoms. The van der Waals surface area contributed by atoms with Crippen molar-refractivity contribution >= 4 is 61.7 Å². The zero-order valence-corrected chi connectivity index (χ0v) is 17.0. The number of carbonyl (C=O) groups is 2. The van der Waals surface area contributed by atoms with Gasteiger partial charge in [-0.2, -0.15) is 0 Å². The van der Waals surface area contributed by atoms with Gasteiger partial charge in [-0.15, -0.1) is 22.7 Å². The standard InChI is InChI=1S/C16H16N4O4S3/c1-3-24-12(22)5-9-6-25-15(17-9)18-11(21)7-26-16-19-13(23)10-4-8(2)27-14(10)20-16/h4,6H,3,5,7H2,1-2H3,(H,17,18,21)(H,19,20,23). The molecule has 0 unspecified atom stereocenters. The van der Waals surface area contributed by atoms with Crippen LogP contribution in [0.1, 0.15) is 17.5 Å². The van der Waals surface area contributed by atoms with E-state index >= 15 is 0 Å². The maximum atomic E-state index is 12.1. The molecule has 27 heavy (non-hydrogen) atoms. The first kappa shape index (κ1) is 19.5. The van der Waals surface area contributed by atoms with Crippen LogP contribution in [0.5, 0.6) is 0 Å². The first-order chi connectivity index (χ1) is 12.9. The summed E-state index contributed by atoms with van der Waals surface area (Å²) in [6.45, 7) is 3.97. The molecule has 0 aliphatic rings. The molecule has 8 nitrogen and oxygen atoms in total. The smallest absolute Gasteiger partial charge is 0.311 e. The highest BCUT2D eigenvalue weighted by molar-refractivity contribution is 7.99. The first-order valence-corrected chi connectivity index (χ1v) is 10.7. The molecule has 0 fully saturated rings. The molecule has 0 bridgehead atoms. The van der Waals surface area contributed by atoms with E-state index in [9.17, 15) is 14.4 Å². The van der Waals surface area contributed by atoms with E-state index in [1.165, 1.54) is 22.7 Å². The van der Waals surface area contributed by atoms with Gasteiger partial charge in [0.25, 0.3) is 5.56 Å². The summed E-state index contributed by atoms with van der Waals surface area (Å²) in [5.74, 6) is -0.557. The Morgan fingerprint density at radius 2 is 2.19 bits per heavy atom. The number of aromatic nitrogens is 3. The van der Waals surface area contributed by atoms with E-state index in [1.807, 2.05) is 6.92 Å². The highest BCUT2D eigenvalue weighted by atomic mass is 32.2. The van der Waals surface area contributed by atoms with E-state index in [0.29, 0.717) is 32.8 Å². The Kier molecular flexibility index (Phi) is 6.24. The van der Waals surface area contributed by atoms with Gasteiger partial charge in [0.1, 0.15) is 4.83 Å². The van der Waals surface area contributed by atoms with Gasteiger partial charge in [0.15, 0.2) is 10.3 Å². The van der Waals surface area contributed by atoms with Gasteiger partial charge in [-0.25, -0.2) is 9.97 Å². The summed E-state index contributed by atoms with van der Waals surface area (Å²) in [5.41, 5.74) is 0.335. The van der Waals surface area contributed by atoms with Crippen LogP contribution >= 0.6 is 34.4 Å². The number of nitrogens with zero attached hydrogens (tertiary/aromatic N) is 2. The zero-order chi connectivity index (χ0) is 19.4. The third-order valence-corrected chi connectivity index (χ3v) is 5.90. The number of aryl methyl sites for hydroxylation is 1. The number of nitrogens with one attached hydrogen (secondary N) is 2. The summed E-state index contributed by atoms with van der Waals surface area (Å²) in [5, 5.41) is 5.73. The average Bonchev–Trinajstić information content (AvgIpc) is 3.19. The number of H-pyrrole nitrogens is 1. The first-order valence-electron chi connectivity index (χ1n) is 7.97. The number of thiazole rings is 1. The van der Waals surface area contributed by atoms with E-state index in [1.54, 1.807) is 18.4 Å². The van der Waals surface area contributed by atoms with Crippen molar-refractivity contribution in [3.8, 4) is 0 Å². The van der Waals surface area contributed by atoms with Gasteiger partial charge in [-0.1, -0.05) is 11.8 Å². The summed E-state index contributed by atoms with van der Waals surface area (Å²) in [7, 11) is 0. The summed E-state index contributed by atoms with van der Waals surface area (Å²) < 4.78 is 4.87. The lowest BCUT2D eigenvalue weighted by Crippen LogP contribution is -2.15. The molecule has 3 heterocycles. The zero-order valence-electron chi connectivity index (χ0n) is 14.5. The Bertz CT molecular complexity index is 1040. The van der Waals surface area contributed by atoms with Gasteiger partial charge in [-0.05, 0) is 19.9 Å². The molecular formula is C16H16N4O4S3. The predicted octanol–water partition coefficient (Wildman–Crippen LogP) is 2.59. The number of esters is 1. The van der Waals surface area contributed by atoms with Crippen LogP contribution in [0.3, 0.4) is 0 Å². The number of aromatic amines is 1. The number of fused-ring (bicyclic) bond motifs is 1. The predicted molar refractivity (Wildman–Crippen MR) is 107 cm³/mol. The number of rotatable bonds is 7. The molecule has 0 aliphatic heterocycles. The summed E-state index contributed by atoms with van der Waals surface area (Å²) in [6.07, 6.45) is 0.0698. The van der Waals surface area contributed by atoms with Crippen LogP contribution in [-0.2, 0) is 20.7 Å². The van der Waals surface area contributed by atoms with Crippen molar-refractivity contribution in [1.82, 2.24) is 15.0 Å². The van der Waals surface area contributed by atoms with E-state index in [4.69, 9.17) is 4.74 Å². The molecule has 0 saturated heterocycles. The van der Waals surface area contributed by atoms with Gasteiger partial charge in [0.05, 0.1) is 29.9 Å². The molecular weight excluding hydrogens is 408 g/mol. The number of hydrogen-bond acceptors (Lipinski definition) is 9. The molecule has 0 aromatic carbocycles. The second kappa shape index (κ2) is 8.63. The van der Waals surface area contributed by atoms with Crippen LogP contribution < -0.4 is 10.9 Å². The Balaban J connectivity index is 1.56. The Morgan fingerprint density at radius 1 is 1.37 bits per heavy atom. The van der Waals surface area contributed by atoms with Crippen LogP contribution in [0.2, 0.25) is 0 Å². The Labute approximate surface area is 166 Å². The van der Waals surface area contributed by atoms with Gasteiger partial charge in [-0.3, -0.25) is 14.4 Å². The third kappa shape index (κ3) is 5.15. The van der Waals surface area contributed by atoms with Crippen LogP contribution in [0.25, 0.3) is 10.2 Å². The van der Waals surface area contributed by atoms with Gasteiger partial charge in [0.2, 0.25) is 5.91 Å². The Morgan fingerprint density at radius 3 is 2.96 bits per heavy atom. The number of carbonyl (C=O) groups excluding carboxylic acids is 2. The average molecular weight is 425 g/mol. The normalized spacial score (nSPS) is 10.9. The molecule has 0 aliphatic carbocycles. The number of anilines is 1. The van der Waals surface area contributed by atoms with Gasteiger partial charge in [0, 0.05) is 10.3 Å². The number of ether oxygens (including phenoxy) is 1. The minimum absolute atomic E-state index is 0.0698. The van der Waals surface area contributed by atoms with Crippen LogP contribution in [0.15, 0.2) is 21.4 Å². The molecule has 2 N–H and O–H groups in total. The molecule has 3 aromatic rings. The maximum absolute atomic E-state index is 12.1. The molecule has 1 amide bonds. The number of amides is 1. The second-order valence-electron chi connectivity index (χ2n) is 5.41. The van der Waals surface area contributed by atoms with Crippen LogP contribution in [0.4, 0.5) is 5.13 Å². The van der Waals surface area contributed by atoms with Crippen LogP contribution in [-0.4, -0.2) is 39.2 Å². The van der Waals surface area contributed by atoms with Gasteiger partial charge < -0.3 is 15.0 Å². The molecule has 0 radical (unpaired) electrons. The lowest BCUT2D eigenvalue weighted by molar-refractivity contribution is -0.142. The van der Waals surface area contributed by atoms with Crippen molar-refractivity contribution in [2.45, 2.75) is 25.4 Å². The van der Waals surface area contributed by atoms with Crippen molar-refractivity contribution in [2.75, 3.05) is 17.7 Å². The maximum Gasteiger partial charge on any atom is 0.311 e. The van der Waals surface area contributed by atoms with E-state index in [0.717, 1.165) is 16.6 Å². The summed E-state index contributed by atoms with van der Waals surface area (Å²) >= 11 is 3.81. The minimum Gasteiger partial charge on any atom is -0.466 e. The molecule has 3 aromatic heterocycles. The third-order valence-electron chi connectivity index (χ3n) is 3.27. The molecule has 3 rings (SSSR count). The molecule has 0 saturated carbocycles. The lowest BCUT2D eigenvalue weighted by atomic mass is 10.3. The van der Waals surface area contributed by atoms with E-state index in [2.05, 4.69) is 20.3 Å². The summed E-state index contributed by atoms with van der Waals surface area (Å²) in [6, 6.07) is 1.79. The van der Waals surface area contributed by atoms with Crippen molar-refractivity contribution in [2.24, 2.45) is 0 Å². The summed E-state index contributed by atoms with van der Waals surface area (Å²) in [4.78, 5) is 48.5. The van der Waals surface area contributed by atoms with Crippen molar-refractivity contribution in [3.63, 3.8) is 0 Å². The Hall–Kier alpha value is -2.24. The van der Waals surface area contributed by atoms with Crippen molar-refractivity contribution in [3.05, 3.63) is 32.4 Å². The topological polar surface area (TPSA) is 114 Å². The lowest BCUT2D eigenvalue weighted by Gasteiger charge is -2.02. The van der Waals surface area contributed by atoms with Crippen LogP contribution in [0, 0.1) is 6.92 Å². The monoisotopic (exact) mass is 424 g/mol. The SMILES string of the molecule is CCOC(=O)Cc1csc(NC(=O)CSc2nc3sc(C)cc3c(=O)[nH]2)n1. The second-order valence-corrected chi connectivity index (χ2v) is 8.47.